The zero-order chi connectivity index (χ0) is 15.8. The zero-order valence-corrected chi connectivity index (χ0v) is 14.3. The molecule has 0 spiro atoms. The minimum absolute atomic E-state index is 0.743. The standard InChI is InChI=1S/C15H19N3O2S2/c1-4-9-21-15-18-17-14(22-15)16-8-7-11-5-6-12(19-2)13(10-11)20-3/h4-6,10H,1,7-9H2,2-3H3,(H,16,17). The Morgan fingerprint density at radius 3 is 2.82 bits per heavy atom. The van der Waals surface area contributed by atoms with Crippen molar-refractivity contribution in [3.63, 3.8) is 0 Å². The third kappa shape index (κ3) is 4.64. The lowest BCUT2D eigenvalue weighted by Gasteiger charge is -2.09. The van der Waals surface area contributed by atoms with E-state index in [0.717, 1.165) is 39.7 Å². The SMILES string of the molecule is C=CCSc1nnc(NCCc2ccc(OC)c(OC)c2)s1. The van der Waals surface area contributed by atoms with Gasteiger partial charge >= 0.3 is 0 Å². The van der Waals surface area contributed by atoms with Gasteiger partial charge in [0.25, 0.3) is 0 Å². The first-order chi connectivity index (χ1) is 10.8. The van der Waals surface area contributed by atoms with E-state index in [2.05, 4.69) is 22.1 Å². The van der Waals surface area contributed by atoms with E-state index in [1.54, 1.807) is 37.3 Å². The van der Waals surface area contributed by atoms with Gasteiger partial charge in [0.1, 0.15) is 0 Å². The van der Waals surface area contributed by atoms with Crippen LogP contribution in [0.25, 0.3) is 0 Å². The van der Waals surface area contributed by atoms with E-state index >= 15 is 0 Å². The molecule has 0 fully saturated rings. The number of nitrogens with one attached hydrogen (secondary N) is 1. The lowest BCUT2D eigenvalue weighted by molar-refractivity contribution is 0.354. The Kier molecular flexibility index (Phi) is 6.54. The first-order valence-electron chi connectivity index (χ1n) is 6.78. The van der Waals surface area contributed by atoms with E-state index in [4.69, 9.17) is 9.47 Å². The molecule has 118 valence electrons. The van der Waals surface area contributed by atoms with Crippen molar-refractivity contribution < 1.29 is 9.47 Å². The highest BCUT2D eigenvalue weighted by atomic mass is 32.2. The molecule has 0 atom stereocenters. The number of thioether (sulfide) groups is 1. The lowest BCUT2D eigenvalue weighted by atomic mass is 10.1. The van der Waals surface area contributed by atoms with Crippen LogP contribution in [0.1, 0.15) is 5.56 Å². The first-order valence-corrected chi connectivity index (χ1v) is 8.59. The van der Waals surface area contributed by atoms with Crippen LogP contribution in [-0.2, 0) is 6.42 Å². The van der Waals surface area contributed by atoms with Crippen LogP contribution in [0.3, 0.4) is 0 Å². The predicted octanol–water partition coefficient (Wildman–Crippen LogP) is 3.49. The van der Waals surface area contributed by atoms with Crippen LogP contribution in [-0.4, -0.2) is 36.7 Å². The van der Waals surface area contributed by atoms with Gasteiger partial charge in [0.2, 0.25) is 5.13 Å². The molecular weight excluding hydrogens is 318 g/mol. The fraction of sp³-hybridized carbons (Fsp3) is 0.333. The number of anilines is 1. The topological polar surface area (TPSA) is 56.3 Å². The quantitative estimate of drug-likeness (QED) is 0.558. The molecule has 1 heterocycles. The number of ether oxygens (including phenoxy) is 2. The van der Waals surface area contributed by atoms with Crippen LogP contribution >= 0.6 is 23.1 Å². The van der Waals surface area contributed by atoms with Crippen molar-refractivity contribution in [2.24, 2.45) is 0 Å². The number of hydrogen-bond acceptors (Lipinski definition) is 7. The van der Waals surface area contributed by atoms with Gasteiger partial charge in [-0.25, -0.2) is 0 Å². The van der Waals surface area contributed by atoms with Crippen molar-refractivity contribution in [3.05, 3.63) is 36.4 Å². The maximum absolute atomic E-state index is 5.31. The van der Waals surface area contributed by atoms with Gasteiger partial charge in [0, 0.05) is 12.3 Å². The third-order valence-corrected chi connectivity index (χ3v) is 4.88. The Morgan fingerprint density at radius 2 is 2.09 bits per heavy atom. The summed E-state index contributed by atoms with van der Waals surface area (Å²) in [5.41, 5.74) is 1.18. The third-order valence-electron chi connectivity index (χ3n) is 2.87. The van der Waals surface area contributed by atoms with Crippen molar-refractivity contribution in [3.8, 4) is 11.5 Å². The lowest BCUT2D eigenvalue weighted by Crippen LogP contribution is -2.04. The van der Waals surface area contributed by atoms with Crippen LogP contribution in [0, 0.1) is 0 Å². The van der Waals surface area contributed by atoms with Gasteiger partial charge in [-0.05, 0) is 24.1 Å². The van der Waals surface area contributed by atoms with E-state index in [0.29, 0.717) is 0 Å². The molecule has 1 aromatic heterocycles. The summed E-state index contributed by atoms with van der Waals surface area (Å²) in [4.78, 5) is 0. The fourth-order valence-electron chi connectivity index (χ4n) is 1.82. The molecular formula is C15H19N3O2S2. The van der Waals surface area contributed by atoms with E-state index in [9.17, 15) is 0 Å². The van der Waals surface area contributed by atoms with Crippen LogP contribution in [0.4, 0.5) is 5.13 Å². The Balaban J connectivity index is 1.85. The Labute approximate surface area is 138 Å². The van der Waals surface area contributed by atoms with E-state index < -0.39 is 0 Å². The van der Waals surface area contributed by atoms with Gasteiger partial charge in [-0.3, -0.25) is 0 Å². The highest BCUT2D eigenvalue weighted by Crippen LogP contribution is 2.28. The van der Waals surface area contributed by atoms with Gasteiger partial charge in [0.05, 0.1) is 14.2 Å². The maximum atomic E-state index is 5.31. The second kappa shape index (κ2) is 8.65. The maximum Gasteiger partial charge on any atom is 0.206 e. The minimum Gasteiger partial charge on any atom is -0.493 e. The van der Waals surface area contributed by atoms with E-state index in [-0.39, 0.29) is 0 Å². The van der Waals surface area contributed by atoms with Gasteiger partial charge < -0.3 is 14.8 Å². The van der Waals surface area contributed by atoms with Gasteiger partial charge in [-0.15, -0.1) is 16.8 Å². The summed E-state index contributed by atoms with van der Waals surface area (Å²) in [5.74, 6) is 2.34. The highest BCUT2D eigenvalue weighted by Gasteiger charge is 2.06. The number of nitrogens with zero attached hydrogens (tertiary/aromatic N) is 2. The molecule has 1 N–H and O–H groups in total. The van der Waals surface area contributed by atoms with Crippen LogP contribution in [0.15, 0.2) is 35.2 Å². The molecule has 0 saturated heterocycles. The molecule has 0 amide bonds. The molecule has 0 bridgehead atoms. The average molecular weight is 337 g/mol. The monoisotopic (exact) mass is 337 g/mol. The molecule has 0 aliphatic carbocycles. The van der Waals surface area contributed by atoms with Gasteiger partial charge in [-0.2, -0.15) is 0 Å². The number of hydrogen-bond donors (Lipinski definition) is 1. The van der Waals surface area contributed by atoms with Gasteiger partial charge in [0.15, 0.2) is 15.8 Å². The molecule has 0 aliphatic heterocycles. The summed E-state index contributed by atoms with van der Waals surface area (Å²) in [6, 6.07) is 5.95. The average Bonchev–Trinajstić information content (AvgIpc) is 3.00. The first kappa shape index (κ1) is 16.6. The summed E-state index contributed by atoms with van der Waals surface area (Å²) in [6.45, 7) is 4.48. The van der Waals surface area contributed by atoms with Crippen molar-refractivity contribution in [2.75, 3.05) is 31.8 Å². The van der Waals surface area contributed by atoms with E-state index in [1.807, 2.05) is 24.3 Å². The van der Waals surface area contributed by atoms with Crippen molar-refractivity contribution in [1.29, 1.82) is 0 Å². The predicted molar refractivity (Wildman–Crippen MR) is 92.6 cm³/mol. The fourth-order valence-corrected chi connectivity index (χ4v) is 3.36. The van der Waals surface area contributed by atoms with Crippen molar-refractivity contribution >= 4 is 28.2 Å². The second-order valence-corrected chi connectivity index (χ2v) is 6.58. The molecule has 7 heteroatoms. The number of aromatic nitrogens is 2. The summed E-state index contributed by atoms with van der Waals surface area (Å²) in [5, 5.41) is 12.4. The molecule has 5 nitrogen and oxygen atoms in total. The van der Waals surface area contributed by atoms with E-state index in [1.165, 1.54) is 5.56 Å². The Morgan fingerprint density at radius 1 is 1.27 bits per heavy atom. The summed E-state index contributed by atoms with van der Waals surface area (Å²) < 4.78 is 11.5. The molecule has 2 rings (SSSR count). The molecule has 0 aliphatic rings. The summed E-state index contributed by atoms with van der Waals surface area (Å²) in [7, 11) is 3.28. The highest BCUT2D eigenvalue weighted by molar-refractivity contribution is 8.01. The summed E-state index contributed by atoms with van der Waals surface area (Å²) >= 11 is 3.20. The minimum atomic E-state index is 0.743. The molecule has 0 unspecified atom stereocenters. The van der Waals surface area contributed by atoms with Gasteiger partial charge in [-0.1, -0.05) is 35.2 Å². The Hall–Kier alpha value is -1.73. The van der Waals surface area contributed by atoms with Crippen LogP contribution in [0.5, 0.6) is 11.5 Å². The van der Waals surface area contributed by atoms with Crippen LogP contribution in [0.2, 0.25) is 0 Å². The number of rotatable bonds is 9. The molecule has 1 aromatic carbocycles. The normalized spacial score (nSPS) is 10.3. The molecule has 22 heavy (non-hydrogen) atoms. The molecule has 0 saturated carbocycles. The zero-order valence-electron chi connectivity index (χ0n) is 12.7. The number of methoxy groups -OCH3 is 2. The van der Waals surface area contributed by atoms with Crippen molar-refractivity contribution in [2.45, 2.75) is 10.8 Å². The smallest absolute Gasteiger partial charge is 0.206 e. The van der Waals surface area contributed by atoms with Crippen molar-refractivity contribution in [1.82, 2.24) is 10.2 Å². The molecule has 0 radical (unpaired) electrons. The Bertz CT molecular complexity index is 617. The largest absolute Gasteiger partial charge is 0.493 e. The second-order valence-electron chi connectivity index (χ2n) is 4.34. The number of benzene rings is 1. The van der Waals surface area contributed by atoms with Crippen LogP contribution < -0.4 is 14.8 Å². The summed E-state index contributed by atoms with van der Waals surface area (Å²) in [6.07, 6.45) is 2.73. The molecule has 2 aromatic rings.